The number of benzene rings is 1. The van der Waals surface area contributed by atoms with Crippen molar-refractivity contribution in [1.29, 1.82) is 0 Å². The second-order valence-electron chi connectivity index (χ2n) is 5.23. The van der Waals surface area contributed by atoms with Crippen LogP contribution >= 0.6 is 23.2 Å². The molecule has 0 aliphatic heterocycles. The summed E-state index contributed by atoms with van der Waals surface area (Å²) in [5.41, 5.74) is 0.296. The molecule has 1 aromatic carbocycles. The summed E-state index contributed by atoms with van der Waals surface area (Å²) in [7, 11) is 0. The maximum Gasteiger partial charge on any atom is 0.278 e. The maximum absolute atomic E-state index is 12.5. The molecule has 0 radical (unpaired) electrons. The smallest absolute Gasteiger partial charge is 0.278 e. The number of H-pyrrole nitrogens is 1. The Bertz CT molecular complexity index is 1040. The van der Waals surface area contributed by atoms with Crippen LogP contribution < -0.4 is 10.9 Å². The van der Waals surface area contributed by atoms with Crippen LogP contribution in [-0.2, 0) is 17.8 Å². The third-order valence-corrected chi connectivity index (χ3v) is 4.17. The standard InChI is InChI=1S/C16H17Cl2N5O3/c17-11-2-1-10(7-12(11)18)8-19-16-21-13-9-20-23(3-5-26-6-4-24)14(13)15(25)22-16/h1-2,7,9,24H,3-6,8H2,(H2,19,21,22,25)/i8D2. The Kier molecular flexibility index (Phi) is 5.26. The van der Waals surface area contributed by atoms with Gasteiger partial charge in [-0.1, -0.05) is 29.3 Å². The Labute approximate surface area is 161 Å². The molecule has 8 nitrogen and oxygen atoms in total. The molecule has 0 spiro atoms. The highest BCUT2D eigenvalue weighted by Crippen LogP contribution is 2.22. The second kappa shape index (κ2) is 8.50. The zero-order valence-electron chi connectivity index (χ0n) is 15.5. The summed E-state index contributed by atoms with van der Waals surface area (Å²) in [6.07, 6.45) is 1.41. The van der Waals surface area contributed by atoms with Gasteiger partial charge in [0.2, 0.25) is 5.95 Å². The summed E-state index contributed by atoms with van der Waals surface area (Å²) >= 11 is 11.8. The molecule has 2 aromatic heterocycles. The van der Waals surface area contributed by atoms with Gasteiger partial charge >= 0.3 is 0 Å². The van der Waals surface area contributed by atoms with Gasteiger partial charge in [-0.25, -0.2) is 4.98 Å². The van der Waals surface area contributed by atoms with E-state index in [4.69, 9.17) is 35.8 Å². The summed E-state index contributed by atoms with van der Waals surface area (Å²) in [5.74, 6) is -0.0512. The van der Waals surface area contributed by atoms with Crippen molar-refractivity contribution in [3.05, 3.63) is 50.4 Å². The molecule has 0 bridgehead atoms. The largest absolute Gasteiger partial charge is 0.394 e. The molecular formula is C16H17Cl2N5O3. The minimum Gasteiger partial charge on any atom is -0.394 e. The molecule has 0 saturated heterocycles. The number of nitrogens with zero attached hydrogens (tertiary/aromatic N) is 3. The molecule has 138 valence electrons. The average Bonchev–Trinajstić information content (AvgIpc) is 3.04. The van der Waals surface area contributed by atoms with Gasteiger partial charge in [0.1, 0.15) is 5.52 Å². The Morgan fingerprint density at radius 1 is 1.35 bits per heavy atom. The van der Waals surface area contributed by atoms with E-state index in [1.807, 2.05) is 0 Å². The third kappa shape index (κ3) is 4.34. The van der Waals surface area contributed by atoms with E-state index in [0.717, 1.165) is 0 Å². The minimum absolute atomic E-state index is 0.0512. The lowest BCUT2D eigenvalue weighted by Gasteiger charge is -2.07. The number of aromatic nitrogens is 4. The first-order chi connectivity index (χ1) is 13.3. The van der Waals surface area contributed by atoms with Crippen LogP contribution in [-0.4, -0.2) is 44.7 Å². The fourth-order valence-electron chi connectivity index (χ4n) is 2.26. The second-order valence-corrected chi connectivity index (χ2v) is 6.05. The molecule has 0 unspecified atom stereocenters. The average molecular weight is 400 g/mol. The summed E-state index contributed by atoms with van der Waals surface area (Å²) in [6.45, 7) is -1.36. The normalized spacial score (nSPS) is 12.9. The number of rotatable bonds is 8. The lowest BCUT2D eigenvalue weighted by Crippen LogP contribution is -2.17. The molecular weight excluding hydrogens is 381 g/mol. The topological polar surface area (TPSA) is 105 Å². The van der Waals surface area contributed by atoms with Gasteiger partial charge in [-0.2, -0.15) is 5.10 Å². The molecule has 0 atom stereocenters. The van der Waals surface area contributed by atoms with Crippen LogP contribution in [0.25, 0.3) is 11.0 Å². The highest BCUT2D eigenvalue weighted by molar-refractivity contribution is 6.42. The number of aromatic amines is 1. The van der Waals surface area contributed by atoms with Crippen LogP contribution in [0.5, 0.6) is 0 Å². The van der Waals surface area contributed by atoms with E-state index < -0.39 is 12.1 Å². The molecule has 0 aliphatic rings. The molecule has 10 heteroatoms. The zero-order chi connectivity index (χ0) is 20.3. The van der Waals surface area contributed by atoms with Gasteiger partial charge in [0.05, 0.1) is 45.3 Å². The van der Waals surface area contributed by atoms with Crippen LogP contribution in [0.15, 0.2) is 29.2 Å². The number of hydrogen-bond donors (Lipinski definition) is 3. The van der Waals surface area contributed by atoms with Crippen LogP contribution in [0.4, 0.5) is 5.95 Å². The predicted octanol–water partition coefficient (Wildman–Crippen LogP) is 2.05. The molecule has 3 N–H and O–H groups in total. The van der Waals surface area contributed by atoms with Gasteiger partial charge in [-0.3, -0.25) is 14.5 Å². The van der Waals surface area contributed by atoms with E-state index in [1.54, 1.807) is 0 Å². The molecule has 0 fully saturated rings. The quantitative estimate of drug-likeness (QED) is 0.500. The Morgan fingerprint density at radius 3 is 2.96 bits per heavy atom. The van der Waals surface area contributed by atoms with Gasteiger partial charge in [-0.05, 0) is 17.7 Å². The first-order valence-electron chi connectivity index (χ1n) is 8.70. The van der Waals surface area contributed by atoms with Crippen molar-refractivity contribution in [3.63, 3.8) is 0 Å². The van der Waals surface area contributed by atoms with Crippen molar-refractivity contribution in [1.82, 2.24) is 19.7 Å². The van der Waals surface area contributed by atoms with Crippen molar-refractivity contribution in [2.75, 3.05) is 25.1 Å². The van der Waals surface area contributed by atoms with E-state index in [2.05, 4.69) is 20.4 Å². The van der Waals surface area contributed by atoms with Crippen LogP contribution in [0.2, 0.25) is 10.0 Å². The van der Waals surface area contributed by atoms with Crippen molar-refractivity contribution in [2.45, 2.75) is 13.0 Å². The molecule has 2 heterocycles. The maximum atomic E-state index is 12.5. The van der Waals surface area contributed by atoms with Crippen molar-refractivity contribution in [2.24, 2.45) is 0 Å². The van der Waals surface area contributed by atoms with Gasteiger partial charge in [0, 0.05) is 6.50 Å². The number of aliphatic hydroxyl groups is 1. The van der Waals surface area contributed by atoms with E-state index in [0.29, 0.717) is 17.1 Å². The lowest BCUT2D eigenvalue weighted by molar-refractivity contribution is 0.0859. The zero-order valence-corrected chi connectivity index (χ0v) is 15.0. The molecule has 0 amide bonds. The number of hydrogen-bond acceptors (Lipinski definition) is 6. The fourth-order valence-corrected chi connectivity index (χ4v) is 2.56. The van der Waals surface area contributed by atoms with Crippen molar-refractivity contribution < 1.29 is 12.6 Å². The van der Waals surface area contributed by atoms with Crippen LogP contribution in [0.3, 0.4) is 0 Å². The van der Waals surface area contributed by atoms with Gasteiger partial charge in [0.15, 0.2) is 5.52 Å². The van der Waals surface area contributed by atoms with E-state index in [-0.39, 0.29) is 41.9 Å². The molecule has 0 aliphatic carbocycles. The number of ether oxygens (including phenoxy) is 1. The van der Waals surface area contributed by atoms with E-state index in [9.17, 15) is 4.79 Å². The molecule has 3 rings (SSSR count). The summed E-state index contributed by atoms with van der Waals surface area (Å²) in [6, 6.07) is 4.38. The SMILES string of the molecule is [2H]C([2H])(Nc1nc2cnn(CCOCCO)c2c(=O)[nH]1)c1ccc(Cl)c(Cl)c1. The number of aliphatic hydroxyl groups excluding tert-OH is 1. The first-order valence-corrected chi connectivity index (χ1v) is 8.45. The highest BCUT2D eigenvalue weighted by Gasteiger charge is 2.10. The van der Waals surface area contributed by atoms with E-state index in [1.165, 1.54) is 29.1 Å². The van der Waals surface area contributed by atoms with Crippen LogP contribution in [0, 0.1) is 0 Å². The predicted molar refractivity (Wildman–Crippen MR) is 99.8 cm³/mol. The summed E-state index contributed by atoms with van der Waals surface area (Å²) in [5, 5.41) is 15.9. The number of halogens is 2. The van der Waals surface area contributed by atoms with Gasteiger partial charge < -0.3 is 15.2 Å². The number of fused-ring (bicyclic) bond motifs is 1. The lowest BCUT2D eigenvalue weighted by atomic mass is 10.2. The van der Waals surface area contributed by atoms with E-state index >= 15 is 0 Å². The van der Waals surface area contributed by atoms with Crippen molar-refractivity contribution >= 4 is 40.2 Å². The first kappa shape index (κ1) is 16.1. The fraction of sp³-hybridized carbons (Fsp3) is 0.312. The molecule has 26 heavy (non-hydrogen) atoms. The van der Waals surface area contributed by atoms with Gasteiger partial charge in [-0.15, -0.1) is 0 Å². The third-order valence-electron chi connectivity index (χ3n) is 3.43. The van der Waals surface area contributed by atoms with Gasteiger partial charge in [0.25, 0.3) is 5.56 Å². The highest BCUT2D eigenvalue weighted by atomic mass is 35.5. The monoisotopic (exact) mass is 399 g/mol. The van der Waals surface area contributed by atoms with Crippen LogP contribution in [0.1, 0.15) is 8.30 Å². The number of nitrogens with one attached hydrogen (secondary N) is 2. The Balaban J connectivity index is 1.84. The molecule has 3 aromatic rings. The molecule has 0 saturated carbocycles. The Morgan fingerprint density at radius 2 is 2.19 bits per heavy atom. The minimum atomic E-state index is -2.06. The Hall–Kier alpha value is -2.13. The van der Waals surface area contributed by atoms with Crippen molar-refractivity contribution in [3.8, 4) is 0 Å². The summed E-state index contributed by atoms with van der Waals surface area (Å²) in [4.78, 5) is 19.2. The number of anilines is 1. The summed E-state index contributed by atoms with van der Waals surface area (Å²) < 4.78 is 23.1.